The van der Waals surface area contributed by atoms with Crippen LogP contribution in [0.25, 0.3) is 0 Å². The minimum Gasteiger partial charge on any atom is -0.497 e. The van der Waals surface area contributed by atoms with Crippen molar-refractivity contribution in [2.45, 2.75) is 32.0 Å². The van der Waals surface area contributed by atoms with Crippen molar-refractivity contribution < 1.29 is 14.2 Å². The molecule has 0 aromatic heterocycles. The minimum atomic E-state index is 0.247. The summed E-state index contributed by atoms with van der Waals surface area (Å²) in [6, 6.07) is 7.62. The molecular formula is C13H18O3. The summed E-state index contributed by atoms with van der Waals surface area (Å²) in [6.07, 6.45) is 2.86. The molecule has 3 heteroatoms. The highest BCUT2D eigenvalue weighted by Gasteiger charge is 2.22. The van der Waals surface area contributed by atoms with Crippen molar-refractivity contribution in [1.29, 1.82) is 0 Å². The van der Waals surface area contributed by atoms with Crippen LogP contribution in [0.5, 0.6) is 11.5 Å². The van der Waals surface area contributed by atoms with E-state index in [1.807, 2.05) is 24.3 Å². The van der Waals surface area contributed by atoms with Crippen LogP contribution in [0.15, 0.2) is 24.3 Å². The molecule has 88 valence electrons. The standard InChI is InChI=1S/C13H18O3/c1-10-3-4-13(16-10)9-15-12-7-5-11(14-2)6-8-12/h5-8,10,13H,3-4,9H2,1-2H3/t10?,13-/m0/s1. The second-order valence-corrected chi connectivity index (χ2v) is 4.13. The molecule has 0 radical (unpaired) electrons. The van der Waals surface area contributed by atoms with Crippen LogP contribution in [0.3, 0.4) is 0 Å². The van der Waals surface area contributed by atoms with E-state index in [9.17, 15) is 0 Å². The molecule has 0 spiro atoms. The zero-order valence-electron chi connectivity index (χ0n) is 9.81. The van der Waals surface area contributed by atoms with Gasteiger partial charge >= 0.3 is 0 Å². The molecular weight excluding hydrogens is 204 g/mol. The molecule has 2 rings (SSSR count). The number of benzene rings is 1. The number of hydrogen-bond donors (Lipinski definition) is 0. The first-order chi connectivity index (χ1) is 7.78. The van der Waals surface area contributed by atoms with Gasteiger partial charge in [0, 0.05) is 0 Å². The van der Waals surface area contributed by atoms with Gasteiger partial charge in [-0.05, 0) is 44.0 Å². The van der Waals surface area contributed by atoms with Gasteiger partial charge in [0.25, 0.3) is 0 Å². The van der Waals surface area contributed by atoms with Crippen LogP contribution in [0.1, 0.15) is 19.8 Å². The largest absolute Gasteiger partial charge is 0.497 e. The number of ether oxygens (including phenoxy) is 3. The van der Waals surface area contributed by atoms with Gasteiger partial charge in [-0.1, -0.05) is 0 Å². The Kier molecular flexibility index (Phi) is 3.67. The monoisotopic (exact) mass is 222 g/mol. The van der Waals surface area contributed by atoms with Crippen molar-refractivity contribution in [2.24, 2.45) is 0 Å². The smallest absolute Gasteiger partial charge is 0.119 e. The van der Waals surface area contributed by atoms with Crippen molar-refractivity contribution in [3.63, 3.8) is 0 Å². The number of hydrogen-bond acceptors (Lipinski definition) is 3. The minimum absolute atomic E-state index is 0.247. The van der Waals surface area contributed by atoms with Crippen LogP contribution >= 0.6 is 0 Å². The van der Waals surface area contributed by atoms with Crippen LogP contribution in [-0.4, -0.2) is 25.9 Å². The van der Waals surface area contributed by atoms with Crippen LogP contribution in [0, 0.1) is 0 Å². The van der Waals surface area contributed by atoms with Gasteiger partial charge in [-0.2, -0.15) is 0 Å². The van der Waals surface area contributed by atoms with Gasteiger partial charge in [0.1, 0.15) is 18.1 Å². The molecule has 1 aliphatic rings. The molecule has 1 fully saturated rings. The molecule has 2 atom stereocenters. The topological polar surface area (TPSA) is 27.7 Å². The predicted molar refractivity (Wildman–Crippen MR) is 62.1 cm³/mol. The SMILES string of the molecule is COc1ccc(OC[C@@H]2CCC(C)O2)cc1. The zero-order valence-corrected chi connectivity index (χ0v) is 9.81. The summed E-state index contributed by atoms with van der Waals surface area (Å²) in [5, 5.41) is 0. The fraction of sp³-hybridized carbons (Fsp3) is 0.538. The zero-order chi connectivity index (χ0) is 11.4. The average Bonchev–Trinajstić information content (AvgIpc) is 2.73. The Hall–Kier alpha value is -1.22. The third-order valence-corrected chi connectivity index (χ3v) is 2.82. The average molecular weight is 222 g/mol. The van der Waals surface area contributed by atoms with Crippen molar-refractivity contribution in [3.05, 3.63) is 24.3 Å². The second-order valence-electron chi connectivity index (χ2n) is 4.13. The summed E-state index contributed by atoms with van der Waals surface area (Å²) in [7, 11) is 1.66. The Morgan fingerprint density at radius 1 is 1.19 bits per heavy atom. The molecule has 1 aromatic rings. The van der Waals surface area contributed by atoms with E-state index < -0.39 is 0 Å². The van der Waals surface area contributed by atoms with Crippen LogP contribution in [0.4, 0.5) is 0 Å². The molecule has 1 aliphatic heterocycles. The van der Waals surface area contributed by atoms with Gasteiger partial charge in [0.15, 0.2) is 0 Å². The fourth-order valence-corrected chi connectivity index (χ4v) is 1.87. The molecule has 0 bridgehead atoms. The molecule has 0 saturated carbocycles. The molecule has 0 N–H and O–H groups in total. The molecule has 1 saturated heterocycles. The lowest BCUT2D eigenvalue weighted by atomic mass is 10.2. The lowest BCUT2D eigenvalue weighted by Gasteiger charge is -2.12. The molecule has 3 nitrogen and oxygen atoms in total. The second kappa shape index (κ2) is 5.21. The first-order valence-electron chi connectivity index (χ1n) is 5.70. The fourth-order valence-electron chi connectivity index (χ4n) is 1.87. The van der Waals surface area contributed by atoms with Crippen LogP contribution < -0.4 is 9.47 Å². The Morgan fingerprint density at radius 3 is 2.44 bits per heavy atom. The first kappa shape index (κ1) is 11.3. The van der Waals surface area contributed by atoms with Gasteiger partial charge < -0.3 is 14.2 Å². The van der Waals surface area contributed by atoms with E-state index in [2.05, 4.69) is 6.92 Å². The Morgan fingerprint density at radius 2 is 1.88 bits per heavy atom. The van der Waals surface area contributed by atoms with E-state index in [1.54, 1.807) is 7.11 Å². The molecule has 1 aromatic carbocycles. The van der Waals surface area contributed by atoms with Gasteiger partial charge in [-0.25, -0.2) is 0 Å². The normalized spacial score (nSPS) is 24.4. The van der Waals surface area contributed by atoms with Crippen molar-refractivity contribution in [2.75, 3.05) is 13.7 Å². The van der Waals surface area contributed by atoms with Crippen molar-refractivity contribution in [3.8, 4) is 11.5 Å². The number of methoxy groups -OCH3 is 1. The summed E-state index contributed by atoms with van der Waals surface area (Å²) in [6.45, 7) is 2.74. The summed E-state index contributed by atoms with van der Waals surface area (Å²) >= 11 is 0. The predicted octanol–water partition coefficient (Wildman–Crippen LogP) is 2.64. The molecule has 16 heavy (non-hydrogen) atoms. The third-order valence-electron chi connectivity index (χ3n) is 2.82. The quantitative estimate of drug-likeness (QED) is 0.783. The summed E-state index contributed by atoms with van der Waals surface area (Å²) in [5.41, 5.74) is 0. The van der Waals surface area contributed by atoms with E-state index in [-0.39, 0.29) is 6.10 Å². The first-order valence-corrected chi connectivity index (χ1v) is 5.70. The van der Waals surface area contributed by atoms with E-state index in [0.29, 0.717) is 12.7 Å². The highest BCUT2D eigenvalue weighted by molar-refractivity contribution is 5.31. The van der Waals surface area contributed by atoms with E-state index in [1.165, 1.54) is 0 Å². The number of rotatable bonds is 4. The Balaban J connectivity index is 1.80. The molecule has 0 amide bonds. The molecule has 1 heterocycles. The lowest BCUT2D eigenvalue weighted by molar-refractivity contribution is 0.0264. The summed E-state index contributed by atoms with van der Waals surface area (Å²) in [5.74, 6) is 1.71. The maximum atomic E-state index is 5.68. The van der Waals surface area contributed by atoms with Gasteiger partial charge in [0.2, 0.25) is 0 Å². The van der Waals surface area contributed by atoms with Gasteiger partial charge in [-0.15, -0.1) is 0 Å². The van der Waals surface area contributed by atoms with Crippen molar-refractivity contribution >= 4 is 0 Å². The van der Waals surface area contributed by atoms with Gasteiger partial charge in [-0.3, -0.25) is 0 Å². The Labute approximate surface area is 96.3 Å². The van der Waals surface area contributed by atoms with E-state index in [0.717, 1.165) is 24.3 Å². The highest BCUT2D eigenvalue weighted by atomic mass is 16.5. The van der Waals surface area contributed by atoms with E-state index >= 15 is 0 Å². The molecule has 0 aliphatic carbocycles. The lowest BCUT2D eigenvalue weighted by Crippen LogP contribution is -2.17. The Bertz CT molecular complexity index is 320. The highest BCUT2D eigenvalue weighted by Crippen LogP contribution is 2.21. The van der Waals surface area contributed by atoms with E-state index in [4.69, 9.17) is 14.2 Å². The van der Waals surface area contributed by atoms with Crippen LogP contribution in [-0.2, 0) is 4.74 Å². The van der Waals surface area contributed by atoms with Crippen LogP contribution in [0.2, 0.25) is 0 Å². The molecule has 1 unspecified atom stereocenters. The maximum Gasteiger partial charge on any atom is 0.119 e. The third kappa shape index (κ3) is 2.89. The summed E-state index contributed by atoms with van der Waals surface area (Å²) < 4.78 is 16.4. The van der Waals surface area contributed by atoms with Crippen molar-refractivity contribution in [1.82, 2.24) is 0 Å². The summed E-state index contributed by atoms with van der Waals surface area (Å²) in [4.78, 5) is 0. The van der Waals surface area contributed by atoms with Gasteiger partial charge in [0.05, 0.1) is 19.3 Å². The maximum absolute atomic E-state index is 5.68.